The molecule has 0 spiro atoms. The van der Waals surface area contributed by atoms with Crippen LogP contribution in [0.4, 0.5) is 8.78 Å². The van der Waals surface area contributed by atoms with Crippen LogP contribution in [-0.4, -0.2) is 21.5 Å². The number of nitrogens with zero attached hydrogens (tertiary/aromatic N) is 3. The van der Waals surface area contributed by atoms with Gasteiger partial charge in [-0.3, -0.25) is 9.59 Å². The van der Waals surface area contributed by atoms with Crippen LogP contribution in [0.1, 0.15) is 24.4 Å². The van der Waals surface area contributed by atoms with E-state index in [9.17, 15) is 22.4 Å². The number of aryl methyl sites for hydroxylation is 2. The highest BCUT2D eigenvalue weighted by Gasteiger charge is 2.30. The molecule has 1 aliphatic rings. The van der Waals surface area contributed by atoms with Crippen LogP contribution < -0.4 is 11.1 Å². The molecule has 0 saturated heterocycles. The third-order valence-electron chi connectivity index (χ3n) is 8.26. The quantitative estimate of drug-likeness (QED) is 0.208. The van der Waals surface area contributed by atoms with E-state index < -0.39 is 27.2 Å². The highest BCUT2D eigenvalue weighted by molar-refractivity contribution is 7.90. The zero-order valence-electron chi connectivity index (χ0n) is 24.4. The Labute approximate surface area is 257 Å². The summed E-state index contributed by atoms with van der Waals surface area (Å²) in [4.78, 5) is 27.2. The first-order valence-corrected chi connectivity index (χ1v) is 15.8. The molecule has 0 aliphatic heterocycles. The largest absolute Gasteiger partial charge is 0.316 e. The van der Waals surface area contributed by atoms with Crippen molar-refractivity contribution < 1.29 is 17.2 Å². The number of benzene rings is 3. The summed E-state index contributed by atoms with van der Waals surface area (Å²) >= 11 is 0. The van der Waals surface area contributed by atoms with Gasteiger partial charge in [0, 0.05) is 59.7 Å². The molecule has 0 radical (unpaired) electrons. The minimum absolute atomic E-state index is 0.1000. The van der Waals surface area contributed by atoms with Gasteiger partial charge in [-0.1, -0.05) is 48.0 Å². The van der Waals surface area contributed by atoms with Gasteiger partial charge in [0.15, 0.2) is 0 Å². The summed E-state index contributed by atoms with van der Waals surface area (Å²) < 4.78 is 61.8. The molecule has 1 saturated carbocycles. The monoisotopic (exact) mass is 623 g/mol. The van der Waals surface area contributed by atoms with Crippen LogP contribution in [0.2, 0.25) is 0 Å². The summed E-state index contributed by atoms with van der Waals surface area (Å²) in [5.41, 5.74) is 1.79. The van der Waals surface area contributed by atoms with E-state index >= 15 is 4.39 Å². The molecular weight excluding hydrogens is 596 g/mol. The van der Waals surface area contributed by atoms with Crippen molar-refractivity contribution in [2.45, 2.75) is 30.7 Å². The molecule has 0 unspecified atom stereocenters. The second kappa shape index (κ2) is 10.5. The molecule has 3 aromatic carbocycles. The number of halogens is 2. The van der Waals surface area contributed by atoms with Gasteiger partial charge in [0.05, 0.1) is 10.6 Å². The summed E-state index contributed by atoms with van der Waals surface area (Å²) in [6, 6.07) is 21.4. The predicted octanol–water partition coefficient (Wildman–Crippen LogP) is 6.66. The lowest BCUT2D eigenvalue weighted by Gasteiger charge is -2.16. The maximum absolute atomic E-state index is 15.4. The Morgan fingerprint density at radius 1 is 0.778 bits per heavy atom. The van der Waals surface area contributed by atoms with Gasteiger partial charge in [-0.25, -0.2) is 21.2 Å². The van der Waals surface area contributed by atoms with Gasteiger partial charge >= 0.3 is 0 Å². The van der Waals surface area contributed by atoms with Crippen molar-refractivity contribution in [3.05, 3.63) is 135 Å². The van der Waals surface area contributed by atoms with Crippen LogP contribution in [0.5, 0.6) is 0 Å². The van der Waals surface area contributed by atoms with Gasteiger partial charge < -0.3 is 9.13 Å². The van der Waals surface area contributed by atoms with Gasteiger partial charge in [-0.05, 0) is 61.2 Å². The van der Waals surface area contributed by atoms with Gasteiger partial charge in [-0.2, -0.15) is 0 Å². The van der Waals surface area contributed by atoms with Gasteiger partial charge in [0.25, 0.3) is 21.1 Å². The first-order valence-electron chi connectivity index (χ1n) is 14.4. The first-order chi connectivity index (χ1) is 21.5. The number of rotatable bonds is 6. The molecule has 3 aromatic heterocycles. The molecule has 1 fully saturated rings. The highest BCUT2D eigenvalue weighted by atomic mass is 32.2. The highest BCUT2D eigenvalue weighted by Crippen LogP contribution is 2.41. The third kappa shape index (κ3) is 4.82. The molecule has 0 bridgehead atoms. The van der Waals surface area contributed by atoms with Crippen LogP contribution >= 0.6 is 0 Å². The Morgan fingerprint density at radius 2 is 1.49 bits per heavy atom. The van der Waals surface area contributed by atoms with Gasteiger partial charge in [0.1, 0.15) is 17.2 Å². The van der Waals surface area contributed by atoms with Crippen LogP contribution in [0, 0.1) is 18.6 Å². The van der Waals surface area contributed by atoms with Crippen molar-refractivity contribution in [1.29, 1.82) is 0 Å². The minimum atomic E-state index is -4.49. The van der Waals surface area contributed by atoms with Crippen molar-refractivity contribution in [1.82, 2.24) is 13.1 Å². The average Bonchev–Trinajstić information content (AvgIpc) is 3.78. The van der Waals surface area contributed by atoms with E-state index in [0.717, 1.165) is 40.1 Å². The lowest BCUT2D eigenvalue weighted by Crippen LogP contribution is -2.24. The Hall–Kier alpha value is -5.09. The van der Waals surface area contributed by atoms with E-state index in [2.05, 4.69) is 0 Å². The van der Waals surface area contributed by atoms with E-state index in [1.54, 1.807) is 22.9 Å². The van der Waals surface area contributed by atoms with Crippen molar-refractivity contribution in [2.24, 2.45) is 7.05 Å². The standard InChI is InChI=1S/C35H27F2N3O4S/c1-21-8-13-25(14-9-21)45(43,44)40-32(26-15-10-23(36)16-31(26)37)17-28-30(19-38(2)35(42)34(28)40)27-18-33(41)39(24-11-12-24)20-29(27)22-6-4-3-5-7-22/h3-10,13-20,24H,11-12H2,1-2H3. The average molecular weight is 624 g/mol. The summed E-state index contributed by atoms with van der Waals surface area (Å²) in [5, 5.41) is 0.202. The summed E-state index contributed by atoms with van der Waals surface area (Å²) in [6.45, 7) is 1.81. The summed E-state index contributed by atoms with van der Waals surface area (Å²) in [5.74, 6) is -1.82. The maximum atomic E-state index is 15.4. The number of hydrogen-bond donors (Lipinski definition) is 0. The van der Waals surface area contributed by atoms with E-state index in [-0.39, 0.29) is 38.7 Å². The molecule has 0 N–H and O–H groups in total. The molecule has 3 heterocycles. The Bertz CT molecular complexity index is 2370. The van der Waals surface area contributed by atoms with Crippen molar-refractivity contribution in [3.63, 3.8) is 0 Å². The summed E-state index contributed by atoms with van der Waals surface area (Å²) in [6.07, 6.45) is 5.15. The fraction of sp³-hybridized carbons (Fsp3) is 0.143. The zero-order chi connectivity index (χ0) is 31.6. The Kier molecular flexibility index (Phi) is 6.70. The minimum Gasteiger partial charge on any atom is -0.316 e. The topological polar surface area (TPSA) is 83.1 Å². The zero-order valence-corrected chi connectivity index (χ0v) is 25.2. The molecule has 0 atom stereocenters. The van der Waals surface area contributed by atoms with Crippen LogP contribution in [-0.2, 0) is 17.1 Å². The fourth-order valence-electron chi connectivity index (χ4n) is 5.81. The smallest absolute Gasteiger partial charge is 0.275 e. The SMILES string of the molecule is Cc1ccc(S(=O)(=O)n2c(-c3ccc(F)cc3F)cc3c(-c4cc(=O)n(C5CC5)cc4-c4ccccc4)cn(C)c(=O)c32)cc1. The number of fused-ring (bicyclic) bond motifs is 1. The number of pyridine rings is 2. The second-order valence-electron chi connectivity index (χ2n) is 11.4. The first kappa shape index (κ1) is 28.7. The predicted molar refractivity (Wildman–Crippen MR) is 170 cm³/mol. The number of aromatic nitrogens is 3. The molecule has 0 amide bonds. The molecular formula is C35H27F2N3O4S. The number of hydrogen-bond acceptors (Lipinski definition) is 4. The third-order valence-corrected chi connectivity index (χ3v) is 9.98. The van der Waals surface area contributed by atoms with Crippen molar-refractivity contribution in [2.75, 3.05) is 0 Å². The van der Waals surface area contributed by atoms with E-state index in [1.807, 2.05) is 43.5 Å². The maximum Gasteiger partial charge on any atom is 0.275 e. The molecule has 1 aliphatic carbocycles. The lowest BCUT2D eigenvalue weighted by atomic mass is 9.95. The van der Waals surface area contributed by atoms with E-state index in [1.165, 1.54) is 35.9 Å². The Morgan fingerprint density at radius 3 is 2.16 bits per heavy atom. The van der Waals surface area contributed by atoms with E-state index in [0.29, 0.717) is 22.8 Å². The van der Waals surface area contributed by atoms with Crippen LogP contribution in [0.15, 0.2) is 112 Å². The van der Waals surface area contributed by atoms with Crippen LogP contribution in [0.25, 0.3) is 44.4 Å². The lowest BCUT2D eigenvalue weighted by molar-refractivity contribution is 0.583. The van der Waals surface area contributed by atoms with Crippen molar-refractivity contribution in [3.8, 4) is 33.5 Å². The van der Waals surface area contributed by atoms with E-state index in [4.69, 9.17) is 0 Å². The van der Waals surface area contributed by atoms with Crippen LogP contribution in [0.3, 0.4) is 0 Å². The molecule has 226 valence electrons. The molecule has 10 heteroatoms. The Balaban J connectivity index is 1.62. The van der Waals surface area contributed by atoms with Gasteiger partial charge in [-0.15, -0.1) is 0 Å². The molecule has 6 aromatic rings. The summed E-state index contributed by atoms with van der Waals surface area (Å²) in [7, 11) is -2.99. The van der Waals surface area contributed by atoms with Crippen molar-refractivity contribution >= 4 is 20.9 Å². The second-order valence-corrected chi connectivity index (χ2v) is 13.2. The molecule has 45 heavy (non-hydrogen) atoms. The fourth-order valence-corrected chi connectivity index (χ4v) is 7.33. The molecule has 7 nitrogen and oxygen atoms in total. The molecule has 7 rings (SSSR count). The van der Waals surface area contributed by atoms with Gasteiger partial charge in [0.2, 0.25) is 0 Å². The normalized spacial score (nSPS) is 13.4.